The van der Waals surface area contributed by atoms with E-state index in [0.717, 1.165) is 6.42 Å². The Balaban J connectivity index is 1.81. The Hall–Kier alpha value is -3.33. The van der Waals surface area contributed by atoms with Crippen LogP contribution >= 0.6 is 12.2 Å². The van der Waals surface area contributed by atoms with Gasteiger partial charge in [0.15, 0.2) is 11.6 Å². The zero-order chi connectivity index (χ0) is 18.5. The Morgan fingerprint density at radius 2 is 2.04 bits per heavy atom. The topological polar surface area (TPSA) is 109 Å². The zero-order valence-corrected chi connectivity index (χ0v) is 14.4. The van der Waals surface area contributed by atoms with Crippen molar-refractivity contribution < 1.29 is 10.0 Å². The van der Waals surface area contributed by atoms with Crippen LogP contribution in [0.25, 0.3) is 0 Å². The van der Waals surface area contributed by atoms with E-state index in [4.69, 9.17) is 12.2 Å². The number of aromatic nitrogens is 3. The van der Waals surface area contributed by atoms with Gasteiger partial charge < -0.3 is 5.11 Å². The standard InChI is InChI=1S/C17H15N5O3S/c23-15-8-6-13(10-14(15)22(24)25)11-18-21-16(19-20-17(21)26)9-7-12-4-2-1-3-5-12/h1-6,8,10-11,23H,7,9H2,(H,20,26)/b18-11-. The first-order valence-electron chi connectivity index (χ1n) is 7.76. The number of nitrogens with one attached hydrogen (secondary N) is 1. The molecule has 0 spiro atoms. The number of rotatable bonds is 6. The van der Waals surface area contributed by atoms with Gasteiger partial charge in [0.2, 0.25) is 4.77 Å². The van der Waals surface area contributed by atoms with Crippen LogP contribution < -0.4 is 0 Å². The smallest absolute Gasteiger partial charge is 0.311 e. The lowest BCUT2D eigenvalue weighted by atomic mass is 10.1. The second kappa shape index (κ2) is 7.70. The molecule has 9 heteroatoms. The van der Waals surface area contributed by atoms with Crippen molar-refractivity contribution in [1.29, 1.82) is 0 Å². The highest BCUT2D eigenvalue weighted by Gasteiger charge is 2.13. The summed E-state index contributed by atoms with van der Waals surface area (Å²) in [7, 11) is 0. The van der Waals surface area contributed by atoms with Gasteiger partial charge in [0.05, 0.1) is 11.1 Å². The first-order chi connectivity index (χ1) is 12.5. The molecule has 132 valence electrons. The molecule has 26 heavy (non-hydrogen) atoms. The molecule has 1 aromatic heterocycles. The molecule has 0 saturated heterocycles. The van der Waals surface area contributed by atoms with Gasteiger partial charge >= 0.3 is 5.69 Å². The summed E-state index contributed by atoms with van der Waals surface area (Å²) in [5.41, 5.74) is 1.26. The molecule has 0 fully saturated rings. The van der Waals surface area contributed by atoms with Crippen molar-refractivity contribution in [1.82, 2.24) is 14.9 Å². The minimum Gasteiger partial charge on any atom is -0.502 e. The Morgan fingerprint density at radius 1 is 1.27 bits per heavy atom. The molecule has 1 heterocycles. The average Bonchev–Trinajstić information content (AvgIpc) is 2.99. The van der Waals surface area contributed by atoms with Crippen molar-refractivity contribution in [3.63, 3.8) is 0 Å². The molecular weight excluding hydrogens is 354 g/mol. The number of benzene rings is 2. The SMILES string of the molecule is O=[N+]([O-])c1cc(/C=N\n2c(CCc3ccccc3)n[nH]c2=S)ccc1O. The Morgan fingerprint density at radius 3 is 2.77 bits per heavy atom. The molecule has 3 aromatic rings. The molecule has 0 amide bonds. The number of nitro groups is 1. The van der Waals surface area contributed by atoms with Crippen LogP contribution in [0.15, 0.2) is 53.6 Å². The quantitative estimate of drug-likeness (QED) is 0.300. The summed E-state index contributed by atoms with van der Waals surface area (Å²) in [6.07, 6.45) is 2.84. The lowest BCUT2D eigenvalue weighted by molar-refractivity contribution is -0.385. The van der Waals surface area contributed by atoms with Crippen LogP contribution in [0.2, 0.25) is 0 Å². The van der Waals surface area contributed by atoms with Crippen molar-refractivity contribution in [2.45, 2.75) is 12.8 Å². The van der Waals surface area contributed by atoms with Crippen LogP contribution in [0, 0.1) is 14.9 Å². The number of nitro benzene ring substituents is 1. The van der Waals surface area contributed by atoms with E-state index >= 15 is 0 Å². The number of H-pyrrole nitrogens is 1. The minimum atomic E-state index is -0.651. The zero-order valence-electron chi connectivity index (χ0n) is 13.6. The van der Waals surface area contributed by atoms with E-state index in [2.05, 4.69) is 15.3 Å². The number of aryl methyl sites for hydroxylation is 2. The lowest BCUT2D eigenvalue weighted by Gasteiger charge is -2.02. The molecule has 8 nitrogen and oxygen atoms in total. The highest BCUT2D eigenvalue weighted by atomic mass is 32.1. The molecule has 0 aliphatic heterocycles. The van der Waals surface area contributed by atoms with Gasteiger partial charge in [0, 0.05) is 18.1 Å². The average molecular weight is 369 g/mol. The monoisotopic (exact) mass is 369 g/mol. The van der Waals surface area contributed by atoms with Crippen molar-refractivity contribution >= 4 is 24.1 Å². The number of aromatic hydroxyl groups is 1. The molecular formula is C17H15N5O3S. The lowest BCUT2D eigenvalue weighted by Crippen LogP contribution is -2.01. The molecule has 0 aliphatic rings. The number of phenolic OH excluding ortho intramolecular Hbond substituents is 1. The second-order valence-corrected chi connectivity index (χ2v) is 5.88. The summed E-state index contributed by atoms with van der Waals surface area (Å²) in [5, 5.41) is 31.6. The van der Waals surface area contributed by atoms with Crippen molar-refractivity contribution in [3.05, 3.63) is 80.4 Å². The normalized spacial score (nSPS) is 11.1. The van der Waals surface area contributed by atoms with Crippen molar-refractivity contribution in [2.24, 2.45) is 5.10 Å². The van der Waals surface area contributed by atoms with Crippen LogP contribution in [0.4, 0.5) is 5.69 Å². The van der Waals surface area contributed by atoms with Gasteiger partial charge in [-0.05, 0) is 36.3 Å². The molecule has 2 aromatic carbocycles. The summed E-state index contributed by atoms with van der Waals surface area (Å²) in [6, 6.07) is 14.0. The van der Waals surface area contributed by atoms with Gasteiger partial charge in [-0.15, -0.1) is 0 Å². The van der Waals surface area contributed by atoms with Gasteiger partial charge in [0.1, 0.15) is 0 Å². The predicted molar refractivity (Wildman–Crippen MR) is 99.0 cm³/mol. The van der Waals surface area contributed by atoms with Gasteiger partial charge in [-0.3, -0.25) is 15.2 Å². The van der Waals surface area contributed by atoms with E-state index in [1.54, 1.807) is 0 Å². The van der Waals surface area contributed by atoms with Crippen LogP contribution in [0.5, 0.6) is 5.75 Å². The Labute approximate surface area is 153 Å². The summed E-state index contributed by atoms with van der Waals surface area (Å²) < 4.78 is 1.81. The summed E-state index contributed by atoms with van der Waals surface area (Å²) >= 11 is 5.19. The summed E-state index contributed by atoms with van der Waals surface area (Å²) in [6.45, 7) is 0. The highest BCUT2D eigenvalue weighted by molar-refractivity contribution is 7.71. The largest absolute Gasteiger partial charge is 0.502 e. The number of phenols is 1. The fourth-order valence-corrected chi connectivity index (χ4v) is 2.60. The van der Waals surface area contributed by atoms with Gasteiger partial charge in [-0.25, -0.2) is 0 Å². The number of aromatic amines is 1. The number of nitrogens with zero attached hydrogens (tertiary/aromatic N) is 4. The van der Waals surface area contributed by atoms with Crippen LogP contribution in [0.3, 0.4) is 0 Å². The van der Waals surface area contributed by atoms with E-state index in [0.29, 0.717) is 22.6 Å². The van der Waals surface area contributed by atoms with Crippen LogP contribution in [-0.4, -0.2) is 31.1 Å². The van der Waals surface area contributed by atoms with Crippen molar-refractivity contribution in [3.8, 4) is 5.75 Å². The maximum Gasteiger partial charge on any atom is 0.311 e. The van der Waals surface area contributed by atoms with Crippen LogP contribution in [0.1, 0.15) is 17.0 Å². The molecule has 3 rings (SSSR count). The van der Waals surface area contributed by atoms with E-state index < -0.39 is 10.7 Å². The molecule has 0 radical (unpaired) electrons. The molecule has 0 saturated carbocycles. The maximum atomic E-state index is 10.9. The van der Waals surface area contributed by atoms with E-state index in [-0.39, 0.29) is 5.69 Å². The second-order valence-electron chi connectivity index (χ2n) is 5.49. The molecule has 0 unspecified atom stereocenters. The third-order valence-electron chi connectivity index (χ3n) is 3.72. The third kappa shape index (κ3) is 4.01. The fourth-order valence-electron chi connectivity index (χ4n) is 2.40. The summed E-state index contributed by atoms with van der Waals surface area (Å²) in [4.78, 5) is 10.2. The van der Waals surface area contributed by atoms with Crippen molar-refractivity contribution in [2.75, 3.05) is 0 Å². The van der Waals surface area contributed by atoms with E-state index in [1.807, 2.05) is 30.3 Å². The third-order valence-corrected chi connectivity index (χ3v) is 3.98. The molecule has 0 atom stereocenters. The molecule has 0 aliphatic carbocycles. The first-order valence-corrected chi connectivity index (χ1v) is 8.17. The highest BCUT2D eigenvalue weighted by Crippen LogP contribution is 2.25. The number of hydrogen-bond donors (Lipinski definition) is 2. The molecule has 2 N–H and O–H groups in total. The Bertz CT molecular complexity index is 1010. The molecule has 0 bridgehead atoms. The Kier molecular flexibility index (Phi) is 5.18. The van der Waals surface area contributed by atoms with E-state index in [9.17, 15) is 15.2 Å². The first kappa shape index (κ1) is 17.5. The van der Waals surface area contributed by atoms with Gasteiger partial charge in [0.25, 0.3) is 0 Å². The van der Waals surface area contributed by atoms with Gasteiger partial charge in [-0.1, -0.05) is 30.3 Å². The van der Waals surface area contributed by atoms with Gasteiger partial charge in [-0.2, -0.15) is 14.9 Å². The fraction of sp³-hybridized carbons (Fsp3) is 0.118. The summed E-state index contributed by atoms with van der Waals surface area (Å²) in [5.74, 6) is 0.263. The maximum absolute atomic E-state index is 10.9. The van der Waals surface area contributed by atoms with E-state index in [1.165, 1.54) is 34.7 Å². The van der Waals surface area contributed by atoms with Crippen LogP contribution in [-0.2, 0) is 12.8 Å². The number of hydrogen-bond acceptors (Lipinski definition) is 6. The predicted octanol–water partition coefficient (Wildman–Crippen LogP) is 3.22. The minimum absolute atomic E-state index is 0.331.